The van der Waals surface area contributed by atoms with Crippen LogP contribution in [0.2, 0.25) is 0 Å². The fourth-order valence-corrected chi connectivity index (χ4v) is 2.89. The van der Waals surface area contributed by atoms with E-state index in [1.165, 1.54) is 11.1 Å². The average Bonchev–Trinajstić information content (AvgIpc) is 3.07. The van der Waals surface area contributed by atoms with E-state index >= 15 is 0 Å². The molecule has 0 bridgehead atoms. The summed E-state index contributed by atoms with van der Waals surface area (Å²) in [4.78, 5) is 7.01. The molecule has 24 heavy (non-hydrogen) atoms. The summed E-state index contributed by atoms with van der Waals surface area (Å²) in [6.07, 6.45) is 2.61. The molecule has 1 heterocycles. The molecule has 1 aliphatic rings. The van der Waals surface area contributed by atoms with Crippen molar-refractivity contribution in [1.29, 1.82) is 0 Å². The first kappa shape index (κ1) is 18.7. The Morgan fingerprint density at radius 2 is 2.04 bits per heavy atom. The second kappa shape index (κ2) is 9.64. The minimum atomic E-state index is 0.267. The van der Waals surface area contributed by atoms with Crippen molar-refractivity contribution in [3.63, 3.8) is 0 Å². The predicted octanol–water partition coefficient (Wildman–Crippen LogP) is 2.33. The number of guanidine groups is 1. The van der Waals surface area contributed by atoms with Crippen molar-refractivity contribution in [3.8, 4) is 0 Å². The first-order valence-electron chi connectivity index (χ1n) is 8.97. The van der Waals surface area contributed by atoms with E-state index in [1.54, 1.807) is 0 Å². The van der Waals surface area contributed by atoms with Crippen molar-refractivity contribution in [1.82, 2.24) is 15.5 Å². The van der Waals surface area contributed by atoms with E-state index in [9.17, 15) is 0 Å². The molecule has 2 unspecified atom stereocenters. The molecule has 2 rings (SSSR count). The average molecular weight is 332 g/mol. The lowest BCUT2D eigenvalue weighted by Crippen LogP contribution is -2.41. The van der Waals surface area contributed by atoms with Crippen molar-refractivity contribution in [2.75, 3.05) is 40.3 Å². The van der Waals surface area contributed by atoms with Crippen LogP contribution >= 0.6 is 0 Å². The Hall–Kier alpha value is -1.59. The summed E-state index contributed by atoms with van der Waals surface area (Å²) >= 11 is 0. The van der Waals surface area contributed by atoms with Crippen LogP contribution in [0, 0.1) is 6.92 Å². The van der Waals surface area contributed by atoms with Crippen LogP contribution in [0.15, 0.2) is 29.3 Å². The number of aryl methyl sites for hydroxylation is 1. The molecule has 134 valence electrons. The molecule has 0 spiro atoms. The molecule has 5 heteroatoms. The number of benzene rings is 1. The highest BCUT2D eigenvalue weighted by Crippen LogP contribution is 2.19. The maximum absolute atomic E-state index is 5.67. The summed E-state index contributed by atoms with van der Waals surface area (Å²) in [6, 6.07) is 8.99. The van der Waals surface area contributed by atoms with Crippen molar-refractivity contribution >= 4 is 5.96 Å². The summed E-state index contributed by atoms with van der Waals surface area (Å²) in [6.45, 7) is 7.49. The van der Waals surface area contributed by atoms with Gasteiger partial charge in [0.2, 0.25) is 0 Å². The molecule has 0 radical (unpaired) electrons. The van der Waals surface area contributed by atoms with E-state index in [0.29, 0.717) is 6.10 Å². The fraction of sp³-hybridized carbons (Fsp3) is 0.632. The zero-order chi connectivity index (χ0) is 17.4. The van der Waals surface area contributed by atoms with E-state index in [-0.39, 0.29) is 6.04 Å². The van der Waals surface area contributed by atoms with Gasteiger partial charge in [0.05, 0.1) is 18.7 Å². The molecule has 2 atom stereocenters. The normalized spacial score (nSPS) is 19.5. The number of ether oxygens (including phenoxy) is 1. The SMILES string of the molecule is CCNC(=NCC(c1ccc(C)cc1)N(C)C)NCC1CCCO1. The van der Waals surface area contributed by atoms with Crippen LogP contribution in [-0.2, 0) is 4.74 Å². The standard InChI is InChI=1S/C19H32N4O/c1-5-20-19(21-13-17-7-6-12-24-17)22-14-18(23(3)4)16-10-8-15(2)9-11-16/h8-11,17-18H,5-7,12-14H2,1-4H3,(H2,20,21,22). The van der Waals surface area contributed by atoms with Gasteiger partial charge in [-0.2, -0.15) is 0 Å². The highest BCUT2D eigenvalue weighted by molar-refractivity contribution is 5.79. The Morgan fingerprint density at radius 3 is 2.62 bits per heavy atom. The maximum Gasteiger partial charge on any atom is 0.191 e. The monoisotopic (exact) mass is 332 g/mol. The van der Waals surface area contributed by atoms with Gasteiger partial charge in [-0.05, 0) is 46.3 Å². The molecular weight excluding hydrogens is 300 g/mol. The lowest BCUT2D eigenvalue weighted by molar-refractivity contribution is 0.114. The number of nitrogens with zero attached hydrogens (tertiary/aromatic N) is 2. The quantitative estimate of drug-likeness (QED) is 0.594. The van der Waals surface area contributed by atoms with Crippen LogP contribution in [0.25, 0.3) is 0 Å². The van der Waals surface area contributed by atoms with Gasteiger partial charge in [-0.25, -0.2) is 0 Å². The zero-order valence-corrected chi connectivity index (χ0v) is 15.5. The summed E-state index contributed by atoms with van der Waals surface area (Å²) in [5, 5.41) is 6.74. The van der Waals surface area contributed by atoms with E-state index in [2.05, 4.69) is 67.7 Å². The van der Waals surface area contributed by atoms with Gasteiger partial charge < -0.3 is 20.3 Å². The van der Waals surface area contributed by atoms with Gasteiger partial charge in [0.25, 0.3) is 0 Å². The number of aliphatic imine (C=N–C) groups is 1. The van der Waals surface area contributed by atoms with Crippen molar-refractivity contribution in [2.45, 2.75) is 38.8 Å². The summed E-state index contributed by atoms with van der Waals surface area (Å²) in [5.41, 5.74) is 2.58. The summed E-state index contributed by atoms with van der Waals surface area (Å²) < 4.78 is 5.67. The molecular formula is C19H32N4O. The Balaban J connectivity index is 1.98. The third-order valence-electron chi connectivity index (χ3n) is 4.37. The van der Waals surface area contributed by atoms with E-state index in [4.69, 9.17) is 9.73 Å². The van der Waals surface area contributed by atoms with E-state index in [0.717, 1.165) is 45.0 Å². The van der Waals surface area contributed by atoms with Crippen molar-refractivity contribution in [3.05, 3.63) is 35.4 Å². The topological polar surface area (TPSA) is 48.9 Å². The molecule has 5 nitrogen and oxygen atoms in total. The molecule has 1 fully saturated rings. The maximum atomic E-state index is 5.67. The number of hydrogen-bond acceptors (Lipinski definition) is 3. The summed E-state index contributed by atoms with van der Waals surface area (Å²) in [7, 11) is 4.21. The van der Waals surface area contributed by atoms with Gasteiger partial charge in [-0.3, -0.25) is 4.99 Å². The van der Waals surface area contributed by atoms with Gasteiger partial charge in [-0.15, -0.1) is 0 Å². The minimum absolute atomic E-state index is 0.267. The van der Waals surface area contributed by atoms with Gasteiger partial charge >= 0.3 is 0 Å². The minimum Gasteiger partial charge on any atom is -0.376 e. The second-order valence-electron chi connectivity index (χ2n) is 6.63. The van der Waals surface area contributed by atoms with Crippen LogP contribution in [0.3, 0.4) is 0 Å². The third-order valence-corrected chi connectivity index (χ3v) is 4.37. The highest BCUT2D eigenvalue weighted by atomic mass is 16.5. The van der Waals surface area contributed by atoms with E-state index < -0.39 is 0 Å². The number of likely N-dealkylation sites (N-methyl/N-ethyl adjacent to an activating group) is 1. The van der Waals surface area contributed by atoms with Crippen LogP contribution in [0.4, 0.5) is 0 Å². The second-order valence-corrected chi connectivity index (χ2v) is 6.63. The highest BCUT2D eigenvalue weighted by Gasteiger charge is 2.16. The molecule has 2 N–H and O–H groups in total. The molecule has 0 aliphatic carbocycles. The van der Waals surface area contributed by atoms with Crippen molar-refractivity contribution in [2.24, 2.45) is 4.99 Å². The first-order chi connectivity index (χ1) is 11.6. The van der Waals surface area contributed by atoms with E-state index in [1.807, 2.05) is 0 Å². The third kappa shape index (κ3) is 5.80. The lowest BCUT2D eigenvalue weighted by atomic mass is 10.0. The number of hydrogen-bond donors (Lipinski definition) is 2. The van der Waals surface area contributed by atoms with Crippen LogP contribution in [-0.4, -0.2) is 57.3 Å². The molecule has 0 saturated carbocycles. The zero-order valence-electron chi connectivity index (χ0n) is 15.5. The Kier molecular flexibility index (Phi) is 7.53. The lowest BCUT2D eigenvalue weighted by Gasteiger charge is -2.24. The molecule has 1 aliphatic heterocycles. The smallest absolute Gasteiger partial charge is 0.191 e. The molecule has 0 aromatic heterocycles. The van der Waals surface area contributed by atoms with Crippen molar-refractivity contribution < 1.29 is 4.74 Å². The van der Waals surface area contributed by atoms with Crippen LogP contribution in [0.1, 0.15) is 36.9 Å². The Morgan fingerprint density at radius 1 is 1.29 bits per heavy atom. The fourth-order valence-electron chi connectivity index (χ4n) is 2.89. The van der Waals surface area contributed by atoms with Gasteiger partial charge in [-0.1, -0.05) is 29.8 Å². The number of nitrogens with one attached hydrogen (secondary N) is 2. The molecule has 1 saturated heterocycles. The first-order valence-corrected chi connectivity index (χ1v) is 8.97. The van der Waals surface area contributed by atoms with Gasteiger partial charge in [0.15, 0.2) is 5.96 Å². The van der Waals surface area contributed by atoms with Crippen LogP contribution < -0.4 is 10.6 Å². The Bertz CT molecular complexity index is 507. The van der Waals surface area contributed by atoms with Gasteiger partial charge in [0.1, 0.15) is 0 Å². The molecule has 1 aromatic carbocycles. The van der Waals surface area contributed by atoms with Gasteiger partial charge in [0, 0.05) is 19.7 Å². The molecule has 1 aromatic rings. The number of rotatable bonds is 7. The molecule has 0 amide bonds. The van der Waals surface area contributed by atoms with Crippen LogP contribution in [0.5, 0.6) is 0 Å². The predicted molar refractivity (Wildman–Crippen MR) is 101 cm³/mol. The largest absolute Gasteiger partial charge is 0.376 e. The Labute approximate surface area is 146 Å². The summed E-state index contributed by atoms with van der Waals surface area (Å²) in [5.74, 6) is 0.868.